The highest BCUT2D eigenvalue weighted by Gasteiger charge is 2.40. The van der Waals surface area contributed by atoms with Crippen LogP contribution in [0.4, 0.5) is 10.1 Å². The number of anilines is 1. The second-order valence-corrected chi connectivity index (χ2v) is 5.69. The highest BCUT2D eigenvalue weighted by Crippen LogP contribution is 2.37. The largest absolute Gasteiger partial charge is 0.324 e. The highest BCUT2D eigenvalue weighted by atomic mass is 79.9. The molecular formula is C14H14BrFN2O. The quantitative estimate of drug-likeness (QED) is 0.893. The SMILES string of the molecule is N#CC1(C(=O)Nc2cc(F)ccc2Br)CCCCC1. The first kappa shape index (κ1) is 14.0. The molecular weight excluding hydrogens is 311 g/mol. The van der Waals surface area contributed by atoms with Crippen LogP contribution in [0.3, 0.4) is 0 Å². The van der Waals surface area contributed by atoms with Crippen molar-refractivity contribution in [2.24, 2.45) is 5.41 Å². The summed E-state index contributed by atoms with van der Waals surface area (Å²) in [7, 11) is 0. The molecule has 1 amide bonds. The number of benzene rings is 1. The molecule has 1 saturated carbocycles. The van der Waals surface area contributed by atoms with Crippen LogP contribution >= 0.6 is 15.9 Å². The number of hydrogen-bond acceptors (Lipinski definition) is 2. The average molecular weight is 325 g/mol. The van der Waals surface area contributed by atoms with E-state index in [4.69, 9.17) is 0 Å². The molecule has 5 heteroatoms. The summed E-state index contributed by atoms with van der Waals surface area (Å²) in [4.78, 5) is 12.3. The van der Waals surface area contributed by atoms with Gasteiger partial charge in [0.15, 0.2) is 0 Å². The van der Waals surface area contributed by atoms with Gasteiger partial charge in [-0.05, 0) is 47.0 Å². The lowest BCUT2D eigenvalue weighted by atomic mass is 9.74. The molecule has 0 aliphatic heterocycles. The van der Waals surface area contributed by atoms with Crippen molar-refractivity contribution in [1.29, 1.82) is 5.26 Å². The third-order valence-corrected chi connectivity index (χ3v) is 4.22. The second kappa shape index (κ2) is 5.70. The van der Waals surface area contributed by atoms with Crippen molar-refractivity contribution in [2.75, 3.05) is 5.32 Å². The lowest BCUT2D eigenvalue weighted by molar-refractivity contribution is -0.124. The molecule has 1 aliphatic rings. The summed E-state index contributed by atoms with van der Waals surface area (Å²) in [6.45, 7) is 0. The number of rotatable bonds is 2. The number of nitrogens with zero attached hydrogens (tertiary/aromatic N) is 1. The van der Waals surface area contributed by atoms with Crippen LogP contribution in [0.25, 0.3) is 0 Å². The standard InChI is InChI=1S/C14H14BrFN2O/c15-11-5-4-10(16)8-12(11)18-13(19)14(9-17)6-2-1-3-7-14/h4-5,8H,1-3,6-7H2,(H,18,19). The Labute approximate surface area is 119 Å². The van der Waals surface area contributed by atoms with E-state index in [1.807, 2.05) is 0 Å². The van der Waals surface area contributed by atoms with Crippen LogP contribution < -0.4 is 5.32 Å². The molecule has 1 fully saturated rings. The van der Waals surface area contributed by atoms with Gasteiger partial charge in [-0.3, -0.25) is 4.79 Å². The van der Waals surface area contributed by atoms with Crippen LogP contribution in [-0.4, -0.2) is 5.91 Å². The number of amides is 1. The summed E-state index contributed by atoms with van der Waals surface area (Å²) in [5.41, 5.74) is -0.602. The van der Waals surface area contributed by atoms with Gasteiger partial charge in [0.05, 0.1) is 11.8 Å². The van der Waals surface area contributed by atoms with Crippen molar-refractivity contribution in [3.05, 3.63) is 28.5 Å². The Morgan fingerprint density at radius 3 is 2.68 bits per heavy atom. The molecule has 1 aromatic carbocycles. The van der Waals surface area contributed by atoms with E-state index in [2.05, 4.69) is 27.3 Å². The van der Waals surface area contributed by atoms with Gasteiger partial charge in [-0.25, -0.2) is 4.39 Å². The first-order valence-electron chi connectivity index (χ1n) is 6.25. The molecule has 2 rings (SSSR count). The van der Waals surface area contributed by atoms with Crippen molar-refractivity contribution in [3.8, 4) is 6.07 Å². The fourth-order valence-electron chi connectivity index (χ4n) is 2.38. The van der Waals surface area contributed by atoms with Crippen molar-refractivity contribution in [2.45, 2.75) is 32.1 Å². The fourth-order valence-corrected chi connectivity index (χ4v) is 2.73. The van der Waals surface area contributed by atoms with E-state index in [1.165, 1.54) is 18.2 Å². The van der Waals surface area contributed by atoms with Gasteiger partial charge in [-0.2, -0.15) is 5.26 Å². The summed E-state index contributed by atoms with van der Waals surface area (Å²) in [5, 5.41) is 12.0. The maximum Gasteiger partial charge on any atom is 0.244 e. The zero-order valence-corrected chi connectivity index (χ0v) is 12.0. The van der Waals surface area contributed by atoms with Crippen molar-refractivity contribution >= 4 is 27.5 Å². The highest BCUT2D eigenvalue weighted by molar-refractivity contribution is 9.10. The summed E-state index contributed by atoms with van der Waals surface area (Å²) in [6, 6.07) is 6.23. The molecule has 0 heterocycles. The van der Waals surface area contributed by atoms with Crippen LogP contribution in [-0.2, 0) is 4.79 Å². The molecule has 0 saturated heterocycles. The third kappa shape index (κ3) is 2.95. The van der Waals surface area contributed by atoms with Gasteiger partial charge >= 0.3 is 0 Å². The molecule has 3 nitrogen and oxygen atoms in total. The molecule has 1 aliphatic carbocycles. The Kier molecular flexibility index (Phi) is 4.20. The topological polar surface area (TPSA) is 52.9 Å². The van der Waals surface area contributed by atoms with Crippen LogP contribution in [0.1, 0.15) is 32.1 Å². The first-order valence-corrected chi connectivity index (χ1v) is 7.04. The minimum atomic E-state index is -0.968. The summed E-state index contributed by atoms with van der Waals surface area (Å²) >= 11 is 3.26. The van der Waals surface area contributed by atoms with Gasteiger partial charge in [0.25, 0.3) is 0 Å². The molecule has 1 aromatic rings. The lowest BCUT2D eigenvalue weighted by Gasteiger charge is -2.29. The number of carbonyl (C=O) groups is 1. The van der Waals surface area contributed by atoms with E-state index in [-0.39, 0.29) is 5.91 Å². The van der Waals surface area contributed by atoms with Gasteiger partial charge in [0.2, 0.25) is 5.91 Å². The van der Waals surface area contributed by atoms with E-state index in [9.17, 15) is 14.4 Å². The van der Waals surface area contributed by atoms with Gasteiger partial charge in [-0.15, -0.1) is 0 Å². The van der Waals surface area contributed by atoms with Gasteiger partial charge in [0, 0.05) is 4.47 Å². The Bertz CT molecular complexity index is 533. The maximum atomic E-state index is 13.2. The molecule has 0 aromatic heterocycles. The molecule has 0 spiro atoms. The number of carbonyl (C=O) groups excluding carboxylic acids is 1. The fraction of sp³-hybridized carbons (Fsp3) is 0.429. The van der Waals surface area contributed by atoms with Crippen LogP contribution in [0, 0.1) is 22.6 Å². The maximum absolute atomic E-state index is 13.2. The molecule has 0 bridgehead atoms. The Hall–Kier alpha value is -1.41. The average Bonchev–Trinajstić information content (AvgIpc) is 2.43. The molecule has 100 valence electrons. The zero-order chi connectivity index (χ0) is 13.9. The first-order chi connectivity index (χ1) is 9.07. The van der Waals surface area contributed by atoms with E-state index in [1.54, 1.807) is 0 Å². The third-order valence-electron chi connectivity index (χ3n) is 3.53. The summed E-state index contributed by atoms with van der Waals surface area (Å²) < 4.78 is 13.8. The molecule has 0 atom stereocenters. The second-order valence-electron chi connectivity index (χ2n) is 4.83. The van der Waals surface area contributed by atoms with Gasteiger partial charge < -0.3 is 5.32 Å². The predicted octanol–water partition coefficient (Wildman–Crippen LogP) is 4.00. The van der Waals surface area contributed by atoms with Gasteiger partial charge in [0.1, 0.15) is 11.2 Å². The summed E-state index contributed by atoms with van der Waals surface area (Å²) in [6.07, 6.45) is 3.96. The summed E-state index contributed by atoms with van der Waals surface area (Å²) in [5.74, 6) is -0.755. The minimum absolute atomic E-state index is 0.332. The number of hydrogen-bond donors (Lipinski definition) is 1. The smallest absolute Gasteiger partial charge is 0.244 e. The minimum Gasteiger partial charge on any atom is -0.324 e. The van der Waals surface area contributed by atoms with Crippen molar-refractivity contribution in [1.82, 2.24) is 0 Å². The molecule has 0 unspecified atom stereocenters. The van der Waals surface area contributed by atoms with E-state index >= 15 is 0 Å². The normalized spacial score (nSPS) is 17.5. The van der Waals surface area contributed by atoms with Crippen molar-refractivity contribution < 1.29 is 9.18 Å². The Balaban J connectivity index is 2.20. The van der Waals surface area contributed by atoms with Crippen molar-refractivity contribution in [3.63, 3.8) is 0 Å². The van der Waals surface area contributed by atoms with Crippen LogP contribution in [0.2, 0.25) is 0 Å². The van der Waals surface area contributed by atoms with Crippen LogP contribution in [0.15, 0.2) is 22.7 Å². The number of nitriles is 1. The Morgan fingerprint density at radius 2 is 2.05 bits per heavy atom. The molecule has 19 heavy (non-hydrogen) atoms. The molecule has 0 radical (unpaired) electrons. The van der Waals surface area contributed by atoms with Crippen LogP contribution in [0.5, 0.6) is 0 Å². The van der Waals surface area contributed by atoms with E-state index in [0.29, 0.717) is 23.0 Å². The predicted molar refractivity (Wildman–Crippen MR) is 73.9 cm³/mol. The van der Waals surface area contributed by atoms with E-state index in [0.717, 1.165) is 19.3 Å². The lowest BCUT2D eigenvalue weighted by Crippen LogP contribution is -2.36. The zero-order valence-electron chi connectivity index (χ0n) is 10.4. The van der Waals surface area contributed by atoms with E-state index < -0.39 is 11.2 Å². The molecule has 1 N–H and O–H groups in total. The number of halogens is 2. The Morgan fingerprint density at radius 1 is 1.37 bits per heavy atom. The number of nitrogens with one attached hydrogen (secondary N) is 1. The van der Waals surface area contributed by atoms with Gasteiger partial charge in [-0.1, -0.05) is 19.3 Å². The monoisotopic (exact) mass is 324 g/mol.